The lowest BCUT2D eigenvalue weighted by molar-refractivity contribution is 0.626. The molecule has 0 unspecified atom stereocenters. The Morgan fingerprint density at radius 1 is 1.55 bits per heavy atom. The number of thiol groups is 1. The molecule has 0 saturated carbocycles. The van der Waals surface area contributed by atoms with Crippen molar-refractivity contribution in [3.05, 3.63) is 34.5 Å². The molecule has 0 heterocycles. The van der Waals surface area contributed by atoms with Crippen molar-refractivity contribution in [2.75, 3.05) is 0 Å². The van der Waals surface area contributed by atoms with E-state index in [-0.39, 0.29) is 5.69 Å². The van der Waals surface area contributed by atoms with E-state index in [1.807, 2.05) is 0 Å². The maximum absolute atomic E-state index is 12.7. The van der Waals surface area contributed by atoms with Gasteiger partial charge in [-0.15, -0.1) is 12.6 Å². The zero-order chi connectivity index (χ0) is 8.27. The molecular weight excluding hydrogens is 165 g/mol. The number of halogens is 1. The van der Waals surface area contributed by atoms with Crippen LogP contribution in [-0.2, 0) is 0 Å². The van der Waals surface area contributed by atoms with Gasteiger partial charge < -0.3 is 0 Å². The molecule has 0 N–H and O–H groups in total. The van der Waals surface area contributed by atoms with E-state index in [0.717, 1.165) is 0 Å². The lowest BCUT2D eigenvalue weighted by Crippen LogP contribution is -1.73. The SMILES string of the molecule is [N-]=[N+]=Nc1ccc(S)cc1F. The summed E-state index contributed by atoms with van der Waals surface area (Å²) in [4.78, 5) is 2.96. The van der Waals surface area contributed by atoms with Crippen LogP contribution in [-0.4, -0.2) is 0 Å². The van der Waals surface area contributed by atoms with Crippen LogP contribution in [0.5, 0.6) is 0 Å². The van der Waals surface area contributed by atoms with Gasteiger partial charge in [0, 0.05) is 9.81 Å². The third kappa shape index (κ3) is 1.86. The van der Waals surface area contributed by atoms with Gasteiger partial charge in [-0.2, -0.15) is 0 Å². The molecule has 0 radical (unpaired) electrons. The number of benzene rings is 1. The van der Waals surface area contributed by atoms with Crippen molar-refractivity contribution in [2.24, 2.45) is 5.11 Å². The molecule has 0 fully saturated rings. The van der Waals surface area contributed by atoms with E-state index in [9.17, 15) is 4.39 Å². The minimum Gasteiger partial charge on any atom is -0.206 e. The number of rotatable bonds is 1. The van der Waals surface area contributed by atoms with Crippen molar-refractivity contribution >= 4 is 18.3 Å². The molecule has 0 amide bonds. The summed E-state index contributed by atoms with van der Waals surface area (Å²) in [6.45, 7) is 0. The van der Waals surface area contributed by atoms with Crippen LogP contribution < -0.4 is 0 Å². The predicted molar refractivity (Wildman–Crippen MR) is 42.5 cm³/mol. The average Bonchev–Trinajstić information content (AvgIpc) is 1.95. The van der Waals surface area contributed by atoms with Crippen LogP contribution in [0.25, 0.3) is 10.4 Å². The molecule has 56 valence electrons. The fourth-order valence-corrected chi connectivity index (χ4v) is 0.813. The lowest BCUT2D eigenvalue weighted by Gasteiger charge is -1.94. The minimum absolute atomic E-state index is 0.00898. The van der Waals surface area contributed by atoms with Crippen molar-refractivity contribution < 1.29 is 4.39 Å². The Bertz CT molecular complexity index is 320. The number of azide groups is 1. The standard InChI is InChI=1S/C6H4FN3S/c7-5-3-4(11)1-2-6(5)9-10-8/h1-3,11H. The van der Waals surface area contributed by atoms with Crippen molar-refractivity contribution in [1.82, 2.24) is 0 Å². The molecule has 0 bridgehead atoms. The second-order valence-corrected chi connectivity index (χ2v) is 2.34. The molecule has 1 aromatic rings. The molecule has 1 rings (SSSR count). The molecule has 11 heavy (non-hydrogen) atoms. The van der Waals surface area contributed by atoms with Crippen LogP contribution in [0.15, 0.2) is 28.2 Å². The summed E-state index contributed by atoms with van der Waals surface area (Å²) in [5.74, 6) is -0.560. The molecule has 0 aliphatic carbocycles. The minimum atomic E-state index is -0.560. The molecule has 0 aliphatic rings. The van der Waals surface area contributed by atoms with E-state index in [4.69, 9.17) is 5.53 Å². The monoisotopic (exact) mass is 169 g/mol. The van der Waals surface area contributed by atoms with Crippen molar-refractivity contribution in [1.29, 1.82) is 0 Å². The lowest BCUT2D eigenvalue weighted by atomic mass is 10.3. The Balaban J connectivity index is 3.19. The zero-order valence-electron chi connectivity index (χ0n) is 5.40. The zero-order valence-corrected chi connectivity index (χ0v) is 6.29. The highest BCUT2D eigenvalue weighted by molar-refractivity contribution is 7.80. The number of hydrogen-bond donors (Lipinski definition) is 1. The Labute approximate surface area is 67.9 Å². The van der Waals surface area contributed by atoms with Crippen LogP contribution in [0.3, 0.4) is 0 Å². The van der Waals surface area contributed by atoms with Gasteiger partial charge in [-0.3, -0.25) is 0 Å². The summed E-state index contributed by atoms with van der Waals surface area (Å²) < 4.78 is 12.7. The van der Waals surface area contributed by atoms with E-state index in [1.165, 1.54) is 12.1 Å². The summed E-state index contributed by atoms with van der Waals surface area (Å²) >= 11 is 3.89. The number of hydrogen-bond acceptors (Lipinski definition) is 2. The summed E-state index contributed by atoms with van der Waals surface area (Å²) in [7, 11) is 0. The van der Waals surface area contributed by atoms with Gasteiger partial charge in [0.05, 0.1) is 5.69 Å². The maximum Gasteiger partial charge on any atom is 0.133 e. The Morgan fingerprint density at radius 2 is 2.27 bits per heavy atom. The van der Waals surface area contributed by atoms with Crippen LogP contribution in [0, 0.1) is 5.82 Å². The second kappa shape index (κ2) is 3.27. The third-order valence-electron chi connectivity index (χ3n) is 1.08. The maximum atomic E-state index is 12.7. The van der Waals surface area contributed by atoms with E-state index < -0.39 is 5.82 Å². The van der Waals surface area contributed by atoms with Crippen molar-refractivity contribution in [2.45, 2.75) is 4.90 Å². The van der Waals surface area contributed by atoms with Gasteiger partial charge in [0.2, 0.25) is 0 Å². The molecule has 0 aromatic heterocycles. The van der Waals surface area contributed by atoms with E-state index in [1.54, 1.807) is 6.07 Å². The normalized spacial score (nSPS) is 8.91. The smallest absolute Gasteiger partial charge is 0.133 e. The quantitative estimate of drug-likeness (QED) is 0.291. The summed E-state index contributed by atoms with van der Waals surface area (Å²) in [5.41, 5.74) is 7.98. The van der Waals surface area contributed by atoms with Gasteiger partial charge >= 0.3 is 0 Å². The summed E-state index contributed by atoms with van der Waals surface area (Å²) in [6.07, 6.45) is 0. The Morgan fingerprint density at radius 3 is 2.82 bits per heavy atom. The molecule has 0 saturated heterocycles. The van der Waals surface area contributed by atoms with Gasteiger partial charge in [-0.05, 0) is 23.7 Å². The Kier molecular flexibility index (Phi) is 2.36. The van der Waals surface area contributed by atoms with Gasteiger partial charge in [0.15, 0.2) is 0 Å². The average molecular weight is 169 g/mol. The van der Waals surface area contributed by atoms with Gasteiger partial charge in [-0.1, -0.05) is 5.11 Å². The van der Waals surface area contributed by atoms with E-state index in [2.05, 4.69) is 22.7 Å². The van der Waals surface area contributed by atoms with Crippen molar-refractivity contribution in [3.63, 3.8) is 0 Å². The van der Waals surface area contributed by atoms with Gasteiger partial charge in [0.1, 0.15) is 5.82 Å². The summed E-state index contributed by atoms with van der Waals surface area (Å²) in [6, 6.07) is 4.11. The van der Waals surface area contributed by atoms with Gasteiger partial charge in [-0.25, -0.2) is 4.39 Å². The van der Waals surface area contributed by atoms with Crippen molar-refractivity contribution in [3.8, 4) is 0 Å². The molecular formula is C6H4FN3S. The first-order valence-corrected chi connectivity index (χ1v) is 3.22. The van der Waals surface area contributed by atoms with Crippen LogP contribution in [0.4, 0.5) is 10.1 Å². The first-order chi connectivity index (χ1) is 5.24. The first kappa shape index (κ1) is 7.91. The Hall–Kier alpha value is -1.19. The molecule has 0 aliphatic heterocycles. The third-order valence-corrected chi connectivity index (χ3v) is 1.36. The molecule has 1 aromatic carbocycles. The highest BCUT2D eigenvalue weighted by Crippen LogP contribution is 2.20. The second-order valence-electron chi connectivity index (χ2n) is 1.83. The van der Waals surface area contributed by atoms with Crippen LogP contribution in [0.1, 0.15) is 0 Å². The topological polar surface area (TPSA) is 48.8 Å². The van der Waals surface area contributed by atoms with Crippen LogP contribution >= 0.6 is 12.6 Å². The first-order valence-electron chi connectivity index (χ1n) is 2.77. The van der Waals surface area contributed by atoms with Gasteiger partial charge in [0.25, 0.3) is 0 Å². The molecule has 3 nitrogen and oxygen atoms in total. The molecule has 0 spiro atoms. The van der Waals surface area contributed by atoms with E-state index in [0.29, 0.717) is 4.90 Å². The molecule has 0 atom stereocenters. The van der Waals surface area contributed by atoms with Crippen LogP contribution in [0.2, 0.25) is 0 Å². The predicted octanol–water partition coefficient (Wildman–Crippen LogP) is 3.06. The fraction of sp³-hybridized carbons (Fsp3) is 0. The van der Waals surface area contributed by atoms with E-state index >= 15 is 0 Å². The fourth-order valence-electron chi connectivity index (χ4n) is 0.625. The number of nitrogens with zero attached hydrogens (tertiary/aromatic N) is 3. The summed E-state index contributed by atoms with van der Waals surface area (Å²) in [5, 5.41) is 3.12. The largest absolute Gasteiger partial charge is 0.206 e. The highest BCUT2D eigenvalue weighted by atomic mass is 32.1. The highest BCUT2D eigenvalue weighted by Gasteiger charge is 1.97. The molecule has 5 heteroatoms.